The highest BCUT2D eigenvalue weighted by molar-refractivity contribution is 6.74. The highest BCUT2D eigenvalue weighted by atomic mass is 28.4. The molecule has 1 aromatic heterocycles. The highest BCUT2D eigenvalue weighted by Gasteiger charge is 2.79. The van der Waals surface area contributed by atoms with E-state index in [1.807, 2.05) is 20.8 Å². The number of Topliss-reactive ketones (excluding diaryl/α,β-unsaturated/α-hetero) is 1. The predicted octanol–water partition coefficient (Wildman–Crippen LogP) is 9.76. The standard InChI is InChI=1S/C45H76O11Si3/c1-15-57(16-2,17-3)54-33-28-45(49)40(52-41(48)32-25-24-26-50-32)38-43(14,39(47)37(36(30(33)10)42(45,12)13)56-59(21-7,22-8)23-9)34(55-58(18-4,19-5)20-6)27-35-44(38,29-51-35)53-31(11)46/h24-26,33-35,37-38,40,49H,15-23,27-29H2,1-14H3/t33-,34-,35+,37+,38-,40-,43+,44-,45+/m0/s1. The Morgan fingerprint density at radius 2 is 1.36 bits per heavy atom. The molecule has 1 aromatic rings. The van der Waals surface area contributed by atoms with E-state index in [0.717, 1.165) is 60.0 Å². The minimum absolute atomic E-state index is 0.0387. The number of hydrogen-bond acceptors (Lipinski definition) is 11. The van der Waals surface area contributed by atoms with Gasteiger partial charge in [0.05, 0.1) is 36.4 Å². The maximum atomic E-state index is 16.7. The Balaban J connectivity index is 1.96. The van der Waals surface area contributed by atoms with Gasteiger partial charge in [0.15, 0.2) is 36.3 Å². The van der Waals surface area contributed by atoms with E-state index in [1.54, 1.807) is 6.07 Å². The van der Waals surface area contributed by atoms with Crippen LogP contribution in [0.2, 0.25) is 54.4 Å². The van der Waals surface area contributed by atoms with Gasteiger partial charge in [-0.2, -0.15) is 0 Å². The lowest BCUT2D eigenvalue weighted by molar-refractivity contribution is -0.344. The van der Waals surface area contributed by atoms with E-state index in [9.17, 15) is 14.7 Å². The molecule has 2 bridgehead atoms. The Labute approximate surface area is 357 Å². The molecule has 9 atom stereocenters. The summed E-state index contributed by atoms with van der Waals surface area (Å²) in [4.78, 5) is 44.6. The molecule has 0 amide bonds. The van der Waals surface area contributed by atoms with Crippen LogP contribution in [0.1, 0.15) is 120 Å². The molecule has 2 saturated carbocycles. The van der Waals surface area contributed by atoms with Gasteiger partial charge in [-0.1, -0.05) is 76.2 Å². The molecule has 0 radical (unpaired) electrons. The van der Waals surface area contributed by atoms with Crippen molar-refractivity contribution in [2.45, 2.75) is 206 Å². The summed E-state index contributed by atoms with van der Waals surface area (Å²) in [7, 11) is -7.38. The molecule has 1 N–H and O–H groups in total. The molecule has 2 heterocycles. The van der Waals surface area contributed by atoms with E-state index in [1.165, 1.54) is 19.3 Å². The van der Waals surface area contributed by atoms with Crippen LogP contribution in [0.15, 0.2) is 34.0 Å². The number of carbonyl (C=O) groups excluding carboxylic acids is 3. The van der Waals surface area contributed by atoms with Crippen LogP contribution in [0, 0.1) is 16.7 Å². The zero-order valence-electron chi connectivity index (χ0n) is 38.7. The van der Waals surface area contributed by atoms with Crippen LogP contribution in [0.25, 0.3) is 0 Å². The van der Waals surface area contributed by atoms with Gasteiger partial charge < -0.3 is 37.0 Å². The number of esters is 2. The molecule has 0 unspecified atom stereocenters. The van der Waals surface area contributed by atoms with Crippen LogP contribution in [0.3, 0.4) is 0 Å². The normalized spacial score (nSPS) is 33.3. The number of rotatable bonds is 18. The molecular formula is C45H76O11Si3. The number of hydrogen-bond donors (Lipinski definition) is 1. The van der Waals surface area contributed by atoms with Crippen molar-refractivity contribution in [3.8, 4) is 0 Å². The van der Waals surface area contributed by atoms with Gasteiger partial charge in [0.1, 0.15) is 23.9 Å². The van der Waals surface area contributed by atoms with Gasteiger partial charge in [-0.3, -0.25) is 9.59 Å². The van der Waals surface area contributed by atoms with E-state index in [-0.39, 0.29) is 31.0 Å². The van der Waals surface area contributed by atoms with Gasteiger partial charge in [-0.05, 0) is 91.5 Å². The van der Waals surface area contributed by atoms with Crippen LogP contribution in [-0.4, -0.2) is 96.1 Å². The van der Waals surface area contributed by atoms with E-state index in [4.69, 9.17) is 31.9 Å². The lowest BCUT2D eigenvalue weighted by Gasteiger charge is -2.68. The largest absolute Gasteiger partial charge is 0.457 e. The highest BCUT2D eigenvalue weighted by Crippen LogP contribution is 2.65. The quantitative estimate of drug-likeness (QED) is 0.0857. The van der Waals surface area contributed by atoms with Gasteiger partial charge in [0.2, 0.25) is 5.76 Å². The zero-order valence-corrected chi connectivity index (χ0v) is 41.7. The average molecular weight is 877 g/mol. The van der Waals surface area contributed by atoms with Gasteiger partial charge >= 0.3 is 11.9 Å². The van der Waals surface area contributed by atoms with Gasteiger partial charge in [0.25, 0.3) is 0 Å². The van der Waals surface area contributed by atoms with Crippen LogP contribution in [0.4, 0.5) is 0 Å². The Morgan fingerprint density at radius 3 is 1.81 bits per heavy atom. The third-order valence-electron chi connectivity index (χ3n) is 16.5. The first-order chi connectivity index (χ1) is 27.7. The maximum absolute atomic E-state index is 16.7. The number of fused-ring (bicyclic) bond motifs is 5. The molecule has 1 saturated heterocycles. The molecular weight excluding hydrogens is 801 g/mol. The minimum atomic E-state index is -2.58. The van der Waals surface area contributed by atoms with Crippen molar-refractivity contribution in [1.29, 1.82) is 0 Å². The topological polar surface area (TPSA) is 140 Å². The summed E-state index contributed by atoms with van der Waals surface area (Å²) >= 11 is 0. The second-order valence-corrected chi connectivity index (χ2v) is 33.0. The molecule has 0 aromatic carbocycles. The fourth-order valence-corrected chi connectivity index (χ4v) is 20.2. The van der Waals surface area contributed by atoms with Crippen LogP contribution in [-0.2, 0) is 37.1 Å². The minimum Gasteiger partial charge on any atom is -0.457 e. The summed E-state index contributed by atoms with van der Waals surface area (Å²) in [6, 6.07) is 10.7. The number of ether oxygens (including phenoxy) is 3. The molecule has 0 spiro atoms. The third kappa shape index (κ3) is 7.69. The number of aliphatic hydroxyl groups is 1. The van der Waals surface area contributed by atoms with Crippen molar-refractivity contribution in [1.82, 2.24) is 0 Å². The molecule has 11 nitrogen and oxygen atoms in total. The van der Waals surface area contributed by atoms with E-state index in [2.05, 4.69) is 69.2 Å². The Kier molecular flexibility index (Phi) is 14.4. The number of carbonyl (C=O) groups is 3. The SMILES string of the molecule is CC[Si](CC)(CC)O[C@H]1C(=O)[C@]2(C)[C@@H](O[Si](CC)(CC)CC)C[C@H]3OC[C@@]3(OC(C)=O)[C@H]2[C@H](OC(=O)c2ccco2)[C@]2(O)C[C@H](O[Si](CC)(CC)CC)C(C)=C1C2(C)C. The Hall–Kier alpha value is -1.92. The molecule has 4 aliphatic rings. The second kappa shape index (κ2) is 17.7. The second-order valence-electron chi connectivity index (χ2n) is 18.8. The van der Waals surface area contributed by atoms with Gasteiger partial charge in [0, 0.05) is 25.2 Å². The summed E-state index contributed by atoms with van der Waals surface area (Å²) in [6.07, 6.45) is -2.72. The third-order valence-corrected chi connectivity index (χ3v) is 30.4. The average Bonchev–Trinajstić information content (AvgIpc) is 3.77. The summed E-state index contributed by atoms with van der Waals surface area (Å²) in [5.41, 5.74) is -4.45. The molecule has 1 aliphatic heterocycles. The predicted molar refractivity (Wildman–Crippen MR) is 236 cm³/mol. The molecule has 3 aliphatic carbocycles. The number of furan rings is 1. The molecule has 3 fully saturated rings. The summed E-state index contributed by atoms with van der Waals surface area (Å²) in [6.45, 7) is 28.6. The van der Waals surface area contributed by atoms with Crippen molar-refractivity contribution in [2.24, 2.45) is 16.7 Å². The molecule has 14 heteroatoms. The molecule has 59 heavy (non-hydrogen) atoms. The van der Waals surface area contributed by atoms with E-state index < -0.39 is 95.4 Å². The Bertz CT molecular complexity index is 1670. The van der Waals surface area contributed by atoms with Crippen molar-refractivity contribution < 1.29 is 51.4 Å². The van der Waals surface area contributed by atoms with Crippen molar-refractivity contribution in [3.05, 3.63) is 35.3 Å². The first kappa shape index (κ1) is 48.1. The van der Waals surface area contributed by atoms with Gasteiger partial charge in [-0.25, -0.2) is 4.79 Å². The number of ketones is 1. The molecule has 5 rings (SSSR count). The maximum Gasteiger partial charge on any atom is 0.374 e. The van der Waals surface area contributed by atoms with Crippen LogP contribution >= 0.6 is 0 Å². The summed E-state index contributed by atoms with van der Waals surface area (Å²) < 4.78 is 47.7. The fourth-order valence-electron chi connectivity index (χ4n) is 11.7. The van der Waals surface area contributed by atoms with Crippen molar-refractivity contribution in [3.63, 3.8) is 0 Å². The summed E-state index contributed by atoms with van der Waals surface area (Å²) in [5.74, 6) is -2.69. The van der Waals surface area contributed by atoms with Crippen LogP contribution in [0.5, 0.6) is 0 Å². The zero-order chi connectivity index (χ0) is 44.0. The Morgan fingerprint density at radius 1 is 0.831 bits per heavy atom. The first-order valence-electron chi connectivity index (χ1n) is 22.8. The first-order valence-corrected chi connectivity index (χ1v) is 30.4. The monoisotopic (exact) mass is 876 g/mol. The van der Waals surface area contributed by atoms with E-state index >= 15 is 4.79 Å². The van der Waals surface area contributed by atoms with E-state index in [0.29, 0.717) is 5.57 Å². The van der Waals surface area contributed by atoms with Crippen molar-refractivity contribution in [2.75, 3.05) is 6.61 Å². The summed E-state index contributed by atoms with van der Waals surface area (Å²) in [5, 5.41) is 14.2. The van der Waals surface area contributed by atoms with Crippen LogP contribution < -0.4 is 0 Å². The lowest BCUT2D eigenvalue weighted by Crippen LogP contribution is -2.82. The van der Waals surface area contributed by atoms with Crippen molar-refractivity contribution >= 4 is 42.7 Å². The van der Waals surface area contributed by atoms with Gasteiger partial charge in [-0.15, -0.1) is 0 Å². The molecule has 334 valence electrons. The lowest BCUT2D eigenvalue weighted by atomic mass is 9.44. The fraction of sp³-hybridized carbons (Fsp3) is 0.800. The smallest absolute Gasteiger partial charge is 0.374 e.